The molecule has 1 aliphatic carbocycles. The van der Waals surface area contributed by atoms with Crippen molar-refractivity contribution >= 4 is 17.6 Å². The Morgan fingerprint density at radius 1 is 1.08 bits per heavy atom. The van der Waals surface area contributed by atoms with Gasteiger partial charge in [0.25, 0.3) is 0 Å². The fourth-order valence-corrected chi connectivity index (χ4v) is 1.24. The van der Waals surface area contributed by atoms with Gasteiger partial charge in [-0.2, -0.15) is 0 Å². The number of allylic oxidation sites excluding steroid dienone is 1. The molecule has 0 saturated heterocycles. The molecule has 0 aromatic heterocycles. The van der Waals surface area contributed by atoms with Crippen LogP contribution in [-0.4, -0.2) is 11.5 Å². The number of Topliss-reactive ketones (excluding diaryl/α,β-unsaturated/α-hetero) is 1. The summed E-state index contributed by atoms with van der Waals surface area (Å²) >= 11 is 0. The highest BCUT2D eigenvalue weighted by Gasteiger charge is 2.16. The van der Waals surface area contributed by atoms with Crippen LogP contribution in [0.4, 0.5) is 0 Å². The van der Waals surface area contributed by atoms with Gasteiger partial charge in [-0.3, -0.25) is 10.2 Å². The van der Waals surface area contributed by atoms with Gasteiger partial charge in [-0.05, 0) is 11.6 Å². The average Bonchev–Trinajstić information content (AvgIpc) is 2.12. The van der Waals surface area contributed by atoms with Crippen LogP contribution in [0.1, 0.15) is 15.9 Å². The van der Waals surface area contributed by atoms with E-state index < -0.39 is 0 Å². The van der Waals surface area contributed by atoms with Gasteiger partial charge in [-0.15, -0.1) is 0 Å². The number of rotatable bonds is 0. The van der Waals surface area contributed by atoms with Crippen molar-refractivity contribution in [3.63, 3.8) is 0 Å². The monoisotopic (exact) mass is 157 g/mol. The first-order valence-electron chi connectivity index (χ1n) is 3.69. The maximum atomic E-state index is 11.3. The van der Waals surface area contributed by atoms with Crippen LogP contribution in [-0.2, 0) is 0 Å². The largest absolute Gasteiger partial charge is 0.297 e. The summed E-state index contributed by atoms with van der Waals surface area (Å²) in [7, 11) is 0. The van der Waals surface area contributed by atoms with Gasteiger partial charge in [0.1, 0.15) is 5.71 Å². The number of hydrogen-bond donors (Lipinski definition) is 1. The smallest absolute Gasteiger partial charge is 0.211 e. The molecule has 0 atom stereocenters. The minimum atomic E-state index is -0.187. The van der Waals surface area contributed by atoms with Crippen LogP contribution < -0.4 is 0 Å². The summed E-state index contributed by atoms with van der Waals surface area (Å²) in [6.45, 7) is 0. The molecule has 1 N–H and O–H groups in total. The predicted octanol–water partition coefficient (Wildman–Crippen LogP) is 1.92. The third kappa shape index (κ3) is 0.889. The Morgan fingerprint density at radius 2 is 1.83 bits per heavy atom. The molecule has 0 radical (unpaired) electrons. The quantitative estimate of drug-likeness (QED) is 0.614. The molecule has 0 amide bonds. The fraction of sp³-hybridized carbons (Fsp3) is 0. The van der Waals surface area contributed by atoms with Crippen molar-refractivity contribution in [3.05, 3.63) is 41.5 Å². The molecule has 1 aromatic rings. The van der Waals surface area contributed by atoms with Crippen molar-refractivity contribution in [3.8, 4) is 0 Å². The second-order valence-electron chi connectivity index (χ2n) is 2.66. The minimum Gasteiger partial charge on any atom is -0.297 e. The predicted molar refractivity (Wildman–Crippen MR) is 47.5 cm³/mol. The maximum Gasteiger partial charge on any atom is 0.211 e. The topological polar surface area (TPSA) is 40.9 Å². The van der Waals surface area contributed by atoms with E-state index >= 15 is 0 Å². The Kier molecular flexibility index (Phi) is 1.40. The van der Waals surface area contributed by atoms with Crippen molar-refractivity contribution in [2.75, 3.05) is 0 Å². The van der Waals surface area contributed by atoms with Crippen molar-refractivity contribution in [2.24, 2.45) is 0 Å². The third-order valence-corrected chi connectivity index (χ3v) is 1.88. The molecule has 2 nitrogen and oxygen atoms in total. The van der Waals surface area contributed by atoms with Crippen molar-refractivity contribution in [1.29, 1.82) is 5.41 Å². The zero-order valence-corrected chi connectivity index (χ0v) is 6.37. The number of ketones is 1. The first kappa shape index (κ1) is 6.98. The lowest BCUT2D eigenvalue weighted by molar-refractivity contribution is 0.106. The Balaban J connectivity index is 2.67. The van der Waals surface area contributed by atoms with E-state index in [9.17, 15) is 4.79 Å². The fourth-order valence-electron chi connectivity index (χ4n) is 1.24. The van der Waals surface area contributed by atoms with E-state index in [2.05, 4.69) is 0 Å². The molecule has 1 aromatic carbocycles. The normalized spacial score (nSPS) is 14.7. The number of benzene rings is 1. The first-order valence-corrected chi connectivity index (χ1v) is 3.69. The highest BCUT2D eigenvalue weighted by atomic mass is 16.1. The summed E-state index contributed by atoms with van der Waals surface area (Å²) < 4.78 is 0. The van der Waals surface area contributed by atoms with E-state index in [4.69, 9.17) is 5.41 Å². The molecular weight excluding hydrogens is 150 g/mol. The second-order valence-corrected chi connectivity index (χ2v) is 2.66. The van der Waals surface area contributed by atoms with Gasteiger partial charge < -0.3 is 0 Å². The third-order valence-electron chi connectivity index (χ3n) is 1.88. The number of nitrogens with one attached hydrogen (secondary N) is 1. The van der Waals surface area contributed by atoms with Gasteiger partial charge in [-0.1, -0.05) is 30.3 Å². The summed E-state index contributed by atoms with van der Waals surface area (Å²) in [4.78, 5) is 11.3. The molecule has 0 saturated carbocycles. The molecule has 0 fully saturated rings. The number of hydrogen-bond acceptors (Lipinski definition) is 2. The molecule has 0 aliphatic heterocycles. The summed E-state index contributed by atoms with van der Waals surface area (Å²) in [5, 5.41) is 7.29. The molecule has 0 unspecified atom stereocenters. The maximum absolute atomic E-state index is 11.3. The molecule has 12 heavy (non-hydrogen) atoms. The van der Waals surface area contributed by atoms with E-state index in [1.807, 2.05) is 18.2 Å². The van der Waals surface area contributed by atoms with Gasteiger partial charge in [0, 0.05) is 5.56 Å². The minimum absolute atomic E-state index is 0.0636. The standard InChI is InChI=1S/C10H7NO/c11-9-6-5-7-3-1-2-4-8(7)10(9)12/h1-6,11H. The van der Waals surface area contributed by atoms with Crippen LogP contribution in [0, 0.1) is 5.41 Å². The lowest BCUT2D eigenvalue weighted by Gasteiger charge is -2.08. The summed E-state index contributed by atoms with van der Waals surface area (Å²) in [5.74, 6) is -0.187. The van der Waals surface area contributed by atoms with Gasteiger partial charge in [-0.25, -0.2) is 0 Å². The SMILES string of the molecule is N=C1C=Cc2ccccc2C1=O. The van der Waals surface area contributed by atoms with Gasteiger partial charge in [0.15, 0.2) is 0 Å². The molecule has 2 heteroatoms. The highest BCUT2D eigenvalue weighted by molar-refractivity contribution is 6.51. The van der Waals surface area contributed by atoms with Gasteiger partial charge >= 0.3 is 0 Å². The Hall–Kier alpha value is -1.70. The Labute approximate surface area is 70.0 Å². The van der Waals surface area contributed by atoms with Crippen molar-refractivity contribution in [2.45, 2.75) is 0 Å². The molecule has 0 spiro atoms. The van der Waals surface area contributed by atoms with Gasteiger partial charge in [0.05, 0.1) is 0 Å². The Morgan fingerprint density at radius 3 is 2.67 bits per heavy atom. The molecular formula is C10H7NO. The average molecular weight is 157 g/mol. The lowest BCUT2D eigenvalue weighted by Crippen LogP contribution is -2.14. The van der Waals surface area contributed by atoms with Crippen LogP contribution in [0.3, 0.4) is 0 Å². The van der Waals surface area contributed by atoms with E-state index in [0.717, 1.165) is 5.56 Å². The van der Waals surface area contributed by atoms with Crippen LogP contribution in [0.2, 0.25) is 0 Å². The number of carbonyl (C=O) groups is 1. The van der Waals surface area contributed by atoms with Gasteiger partial charge in [0.2, 0.25) is 5.78 Å². The van der Waals surface area contributed by atoms with Crippen molar-refractivity contribution in [1.82, 2.24) is 0 Å². The zero-order valence-electron chi connectivity index (χ0n) is 6.37. The first-order chi connectivity index (χ1) is 5.79. The van der Waals surface area contributed by atoms with Crippen LogP contribution in [0.15, 0.2) is 30.3 Å². The molecule has 0 heterocycles. The van der Waals surface area contributed by atoms with Crippen LogP contribution >= 0.6 is 0 Å². The van der Waals surface area contributed by atoms with Crippen LogP contribution in [0.25, 0.3) is 6.08 Å². The van der Waals surface area contributed by atoms with E-state index in [0.29, 0.717) is 5.56 Å². The summed E-state index contributed by atoms with van der Waals surface area (Å²) in [6, 6.07) is 7.31. The molecule has 58 valence electrons. The van der Waals surface area contributed by atoms with Crippen LogP contribution in [0.5, 0.6) is 0 Å². The second kappa shape index (κ2) is 2.41. The summed E-state index contributed by atoms with van der Waals surface area (Å²) in [6.07, 6.45) is 3.32. The van der Waals surface area contributed by atoms with E-state index in [1.54, 1.807) is 12.1 Å². The molecule has 0 bridgehead atoms. The highest BCUT2D eigenvalue weighted by Crippen LogP contribution is 2.16. The van der Waals surface area contributed by atoms with E-state index in [-0.39, 0.29) is 11.5 Å². The molecule has 1 aliphatic rings. The lowest BCUT2D eigenvalue weighted by atomic mass is 9.95. The van der Waals surface area contributed by atoms with Crippen molar-refractivity contribution < 1.29 is 4.79 Å². The Bertz CT molecular complexity index is 391. The van der Waals surface area contributed by atoms with E-state index in [1.165, 1.54) is 6.08 Å². The molecule has 2 rings (SSSR count). The zero-order chi connectivity index (χ0) is 8.55. The number of carbonyl (C=O) groups excluding carboxylic acids is 1. The number of fused-ring (bicyclic) bond motifs is 1. The summed E-state index contributed by atoms with van der Waals surface area (Å²) in [5.41, 5.74) is 1.59.